The van der Waals surface area contributed by atoms with Crippen LogP contribution in [-0.4, -0.2) is 14.2 Å². The highest BCUT2D eigenvalue weighted by atomic mass is 35.5. The van der Waals surface area contributed by atoms with E-state index in [0.717, 1.165) is 12.0 Å². The Morgan fingerprint density at radius 2 is 1.89 bits per heavy atom. The van der Waals surface area contributed by atoms with E-state index in [9.17, 15) is 0 Å². The fraction of sp³-hybridized carbons (Fsp3) is 0.571. The van der Waals surface area contributed by atoms with Gasteiger partial charge < -0.3 is 15.2 Å². The van der Waals surface area contributed by atoms with E-state index in [4.69, 9.17) is 26.8 Å². The molecule has 1 unspecified atom stereocenters. The Morgan fingerprint density at radius 1 is 1.28 bits per heavy atom. The van der Waals surface area contributed by atoms with E-state index in [1.807, 2.05) is 12.1 Å². The zero-order valence-corrected chi connectivity index (χ0v) is 12.5. The Kier molecular flexibility index (Phi) is 4.88. The third-order valence-electron chi connectivity index (χ3n) is 3.60. The Balaban J connectivity index is 3.29. The average Bonchev–Trinajstić information content (AvgIpc) is 2.37. The first-order valence-corrected chi connectivity index (χ1v) is 6.42. The van der Waals surface area contributed by atoms with Crippen molar-refractivity contribution in [1.29, 1.82) is 0 Å². The van der Waals surface area contributed by atoms with E-state index >= 15 is 0 Å². The van der Waals surface area contributed by atoms with Gasteiger partial charge in [0.05, 0.1) is 14.2 Å². The van der Waals surface area contributed by atoms with Crippen molar-refractivity contribution in [2.45, 2.75) is 33.2 Å². The van der Waals surface area contributed by atoms with Gasteiger partial charge in [0.2, 0.25) is 0 Å². The Morgan fingerprint density at radius 3 is 2.33 bits per heavy atom. The molecule has 0 fully saturated rings. The second-order valence-corrected chi connectivity index (χ2v) is 5.40. The molecule has 0 aliphatic carbocycles. The molecule has 0 saturated carbocycles. The smallest absolute Gasteiger partial charge is 0.146 e. The third-order valence-corrected chi connectivity index (χ3v) is 3.96. The Bertz CT molecular complexity index is 419. The molecule has 0 aliphatic rings. The number of rotatable bonds is 5. The molecule has 102 valence electrons. The van der Waals surface area contributed by atoms with Crippen LogP contribution in [0.4, 0.5) is 0 Å². The van der Waals surface area contributed by atoms with Crippen molar-refractivity contribution in [3.63, 3.8) is 0 Å². The van der Waals surface area contributed by atoms with Gasteiger partial charge in [-0.3, -0.25) is 0 Å². The number of hydrogen-bond acceptors (Lipinski definition) is 3. The summed E-state index contributed by atoms with van der Waals surface area (Å²) in [6, 6.07) is 3.61. The molecule has 18 heavy (non-hydrogen) atoms. The van der Waals surface area contributed by atoms with Gasteiger partial charge in [0, 0.05) is 11.6 Å². The topological polar surface area (TPSA) is 44.5 Å². The van der Waals surface area contributed by atoms with Crippen LogP contribution in [0.3, 0.4) is 0 Å². The lowest BCUT2D eigenvalue weighted by atomic mass is 9.78. The molecule has 2 N–H and O–H groups in total. The van der Waals surface area contributed by atoms with E-state index < -0.39 is 0 Å². The van der Waals surface area contributed by atoms with E-state index in [2.05, 4.69) is 20.8 Å². The second kappa shape index (κ2) is 5.81. The molecule has 1 aromatic rings. The van der Waals surface area contributed by atoms with Crippen molar-refractivity contribution in [2.75, 3.05) is 14.2 Å². The SMILES string of the molecule is CCC(C)(C)C(N)c1ccc(OC)c(Cl)c1OC. The molecule has 0 heterocycles. The van der Waals surface area contributed by atoms with E-state index in [-0.39, 0.29) is 11.5 Å². The van der Waals surface area contributed by atoms with Crippen LogP contribution in [0.5, 0.6) is 11.5 Å². The largest absolute Gasteiger partial charge is 0.495 e. The maximum Gasteiger partial charge on any atom is 0.146 e. The predicted octanol–water partition coefficient (Wildman–Crippen LogP) is 3.79. The Labute approximate surface area is 114 Å². The summed E-state index contributed by atoms with van der Waals surface area (Å²) in [5.41, 5.74) is 7.23. The standard InChI is InChI=1S/C14H22ClNO2/c1-6-14(2,3)13(16)9-7-8-10(17-4)11(15)12(9)18-5/h7-8,13H,6,16H2,1-5H3. The van der Waals surface area contributed by atoms with Gasteiger partial charge in [0.1, 0.15) is 16.5 Å². The first kappa shape index (κ1) is 15.1. The van der Waals surface area contributed by atoms with Gasteiger partial charge in [-0.1, -0.05) is 32.4 Å². The predicted molar refractivity (Wildman–Crippen MR) is 75.6 cm³/mol. The zero-order chi connectivity index (χ0) is 13.9. The van der Waals surface area contributed by atoms with Crippen LogP contribution >= 0.6 is 11.6 Å². The molecule has 3 nitrogen and oxygen atoms in total. The third kappa shape index (κ3) is 2.73. The van der Waals surface area contributed by atoms with Crippen LogP contribution < -0.4 is 15.2 Å². The van der Waals surface area contributed by atoms with Crippen LogP contribution in [0, 0.1) is 5.41 Å². The minimum absolute atomic E-state index is 0.0226. The highest BCUT2D eigenvalue weighted by Gasteiger charge is 2.29. The molecule has 0 spiro atoms. The number of benzene rings is 1. The van der Waals surface area contributed by atoms with Gasteiger partial charge in [0.15, 0.2) is 0 Å². The van der Waals surface area contributed by atoms with Crippen LogP contribution in [0.25, 0.3) is 0 Å². The molecule has 0 aromatic heterocycles. The van der Waals surface area contributed by atoms with Gasteiger partial charge in [-0.15, -0.1) is 0 Å². The second-order valence-electron chi connectivity index (χ2n) is 5.02. The number of halogens is 1. The summed E-state index contributed by atoms with van der Waals surface area (Å²) in [6.07, 6.45) is 0.973. The normalized spacial score (nSPS) is 13.3. The van der Waals surface area contributed by atoms with Gasteiger partial charge in [0.25, 0.3) is 0 Å². The highest BCUT2D eigenvalue weighted by Crippen LogP contribution is 2.44. The number of methoxy groups -OCH3 is 2. The zero-order valence-electron chi connectivity index (χ0n) is 11.7. The summed E-state index contributed by atoms with van der Waals surface area (Å²) in [7, 11) is 3.17. The number of hydrogen-bond donors (Lipinski definition) is 1. The maximum atomic E-state index is 6.34. The van der Waals surface area contributed by atoms with Crippen LogP contribution in [0.15, 0.2) is 12.1 Å². The first-order valence-electron chi connectivity index (χ1n) is 6.05. The van der Waals surface area contributed by atoms with Crippen LogP contribution in [-0.2, 0) is 0 Å². The lowest BCUT2D eigenvalue weighted by Crippen LogP contribution is -2.29. The molecule has 0 aliphatic heterocycles. The molecule has 0 radical (unpaired) electrons. The van der Waals surface area contributed by atoms with E-state index in [1.165, 1.54) is 0 Å². The van der Waals surface area contributed by atoms with Gasteiger partial charge in [-0.2, -0.15) is 0 Å². The van der Waals surface area contributed by atoms with Crippen molar-refractivity contribution < 1.29 is 9.47 Å². The number of nitrogens with two attached hydrogens (primary N) is 1. The minimum atomic E-state index is -0.138. The quantitative estimate of drug-likeness (QED) is 0.886. The van der Waals surface area contributed by atoms with Gasteiger partial charge in [-0.25, -0.2) is 0 Å². The summed E-state index contributed by atoms with van der Waals surface area (Å²) >= 11 is 6.25. The van der Waals surface area contributed by atoms with Crippen LogP contribution in [0.1, 0.15) is 38.8 Å². The van der Waals surface area contributed by atoms with Crippen molar-refractivity contribution in [2.24, 2.45) is 11.1 Å². The maximum absolute atomic E-state index is 6.34. The minimum Gasteiger partial charge on any atom is -0.495 e. The summed E-state index contributed by atoms with van der Waals surface area (Å²) in [5.74, 6) is 1.20. The lowest BCUT2D eigenvalue weighted by molar-refractivity contribution is 0.271. The van der Waals surface area contributed by atoms with E-state index in [0.29, 0.717) is 16.5 Å². The molecule has 0 saturated heterocycles. The summed E-state index contributed by atoms with van der Waals surface area (Å²) in [5, 5.41) is 0.472. The highest BCUT2D eigenvalue weighted by molar-refractivity contribution is 6.33. The van der Waals surface area contributed by atoms with E-state index in [1.54, 1.807) is 14.2 Å². The Hall–Kier alpha value is -0.930. The summed E-state index contributed by atoms with van der Waals surface area (Å²) in [6.45, 7) is 6.39. The van der Waals surface area contributed by atoms with Crippen molar-refractivity contribution in [3.05, 3.63) is 22.7 Å². The average molecular weight is 272 g/mol. The fourth-order valence-corrected chi connectivity index (χ4v) is 2.13. The van der Waals surface area contributed by atoms with Crippen molar-refractivity contribution in [3.8, 4) is 11.5 Å². The molecule has 1 rings (SSSR count). The molecule has 1 aromatic carbocycles. The monoisotopic (exact) mass is 271 g/mol. The van der Waals surface area contributed by atoms with Gasteiger partial charge >= 0.3 is 0 Å². The summed E-state index contributed by atoms with van der Waals surface area (Å²) in [4.78, 5) is 0. The van der Waals surface area contributed by atoms with Crippen molar-refractivity contribution in [1.82, 2.24) is 0 Å². The van der Waals surface area contributed by atoms with Crippen LogP contribution in [0.2, 0.25) is 5.02 Å². The first-order chi connectivity index (χ1) is 8.38. The van der Waals surface area contributed by atoms with Crippen molar-refractivity contribution >= 4 is 11.6 Å². The molecule has 0 amide bonds. The molecular weight excluding hydrogens is 250 g/mol. The summed E-state index contributed by atoms with van der Waals surface area (Å²) < 4.78 is 10.6. The molecular formula is C14H22ClNO2. The molecule has 4 heteroatoms. The number of ether oxygens (including phenoxy) is 2. The molecule has 1 atom stereocenters. The fourth-order valence-electron chi connectivity index (χ4n) is 1.80. The van der Waals surface area contributed by atoms with Gasteiger partial charge in [-0.05, 0) is 24.0 Å². The lowest BCUT2D eigenvalue weighted by Gasteiger charge is -2.32. The molecule has 0 bridgehead atoms.